The molecule has 3 aromatic carbocycles. The van der Waals surface area contributed by atoms with E-state index in [2.05, 4.69) is 38.7 Å². The summed E-state index contributed by atoms with van der Waals surface area (Å²) < 4.78 is 0.984. The predicted octanol–water partition coefficient (Wildman–Crippen LogP) is 4.96. The number of nitrogens with one attached hydrogen (secondary N) is 2. The minimum Gasteiger partial charge on any atom is -0.376 e. The molecule has 4 heteroatoms. The molecule has 0 bridgehead atoms. The standard InChI is InChI=1S/C19H17BrN2O/c1-13-9-10-15(11-17(13)20)22-19(23)12-21-18-8-4-6-14-5-2-3-7-16(14)18/h2-11,21H,12H2,1H3,(H,22,23). The van der Waals surface area contributed by atoms with E-state index in [1.165, 1.54) is 0 Å². The van der Waals surface area contributed by atoms with Gasteiger partial charge in [0.1, 0.15) is 0 Å². The van der Waals surface area contributed by atoms with Crippen LogP contribution in [0.15, 0.2) is 65.1 Å². The van der Waals surface area contributed by atoms with Gasteiger partial charge in [-0.1, -0.05) is 58.4 Å². The molecule has 3 aromatic rings. The van der Waals surface area contributed by atoms with E-state index in [4.69, 9.17) is 0 Å². The monoisotopic (exact) mass is 368 g/mol. The second-order valence-corrected chi connectivity index (χ2v) is 6.25. The zero-order chi connectivity index (χ0) is 16.2. The number of halogens is 1. The summed E-state index contributed by atoms with van der Waals surface area (Å²) in [6.07, 6.45) is 0. The third kappa shape index (κ3) is 3.71. The Hall–Kier alpha value is -2.33. The number of fused-ring (bicyclic) bond motifs is 1. The van der Waals surface area contributed by atoms with Gasteiger partial charge in [-0.2, -0.15) is 0 Å². The van der Waals surface area contributed by atoms with Gasteiger partial charge in [0.05, 0.1) is 6.54 Å². The maximum Gasteiger partial charge on any atom is 0.243 e. The van der Waals surface area contributed by atoms with E-state index in [0.717, 1.165) is 32.2 Å². The Kier molecular flexibility index (Phi) is 4.63. The van der Waals surface area contributed by atoms with Crippen LogP contribution in [0.25, 0.3) is 10.8 Å². The van der Waals surface area contributed by atoms with Crippen LogP contribution in [0.5, 0.6) is 0 Å². The molecule has 0 fully saturated rings. The predicted molar refractivity (Wildman–Crippen MR) is 99.9 cm³/mol. The number of carbonyl (C=O) groups is 1. The molecule has 1 amide bonds. The van der Waals surface area contributed by atoms with E-state index in [1.54, 1.807) is 0 Å². The summed E-state index contributed by atoms with van der Waals surface area (Å²) in [5.74, 6) is -0.0753. The number of carbonyl (C=O) groups excluding carboxylic acids is 1. The van der Waals surface area contributed by atoms with Crippen molar-refractivity contribution in [2.24, 2.45) is 0 Å². The lowest BCUT2D eigenvalue weighted by Crippen LogP contribution is -2.21. The van der Waals surface area contributed by atoms with Crippen molar-refractivity contribution in [1.82, 2.24) is 0 Å². The van der Waals surface area contributed by atoms with Crippen molar-refractivity contribution >= 4 is 44.0 Å². The largest absolute Gasteiger partial charge is 0.376 e. The summed E-state index contributed by atoms with van der Waals surface area (Å²) in [7, 11) is 0. The average Bonchev–Trinajstić information content (AvgIpc) is 2.56. The van der Waals surface area contributed by atoms with Gasteiger partial charge in [-0.3, -0.25) is 4.79 Å². The molecule has 23 heavy (non-hydrogen) atoms. The number of benzene rings is 3. The fourth-order valence-electron chi connectivity index (χ4n) is 2.43. The molecule has 0 atom stereocenters. The van der Waals surface area contributed by atoms with Gasteiger partial charge < -0.3 is 10.6 Å². The van der Waals surface area contributed by atoms with Crippen molar-refractivity contribution in [1.29, 1.82) is 0 Å². The Morgan fingerprint density at radius 2 is 1.83 bits per heavy atom. The normalized spacial score (nSPS) is 10.5. The minimum absolute atomic E-state index is 0.0753. The van der Waals surface area contributed by atoms with Gasteiger partial charge >= 0.3 is 0 Å². The second-order valence-electron chi connectivity index (χ2n) is 5.39. The topological polar surface area (TPSA) is 41.1 Å². The van der Waals surface area contributed by atoms with Crippen molar-refractivity contribution in [2.75, 3.05) is 17.2 Å². The Bertz CT molecular complexity index is 856. The van der Waals surface area contributed by atoms with Gasteiger partial charge in [0, 0.05) is 21.2 Å². The summed E-state index contributed by atoms with van der Waals surface area (Å²) in [5.41, 5.74) is 2.88. The van der Waals surface area contributed by atoms with E-state index in [0.29, 0.717) is 0 Å². The van der Waals surface area contributed by atoms with Gasteiger partial charge in [-0.15, -0.1) is 0 Å². The number of aryl methyl sites for hydroxylation is 1. The fourth-order valence-corrected chi connectivity index (χ4v) is 2.81. The summed E-state index contributed by atoms with van der Waals surface area (Å²) in [4.78, 5) is 12.1. The lowest BCUT2D eigenvalue weighted by molar-refractivity contribution is -0.114. The van der Waals surface area contributed by atoms with Crippen LogP contribution in [-0.2, 0) is 4.79 Å². The number of anilines is 2. The van der Waals surface area contributed by atoms with Crippen LogP contribution in [0.1, 0.15) is 5.56 Å². The van der Waals surface area contributed by atoms with E-state index >= 15 is 0 Å². The highest BCUT2D eigenvalue weighted by atomic mass is 79.9. The third-order valence-corrected chi connectivity index (χ3v) is 4.54. The summed E-state index contributed by atoms with van der Waals surface area (Å²) in [5, 5.41) is 8.37. The van der Waals surface area contributed by atoms with Crippen LogP contribution >= 0.6 is 15.9 Å². The van der Waals surface area contributed by atoms with Gasteiger partial charge in [0.2, 0.25) is 5.91 Å². The number of amides is 1. The molecule has 0 aliphatic carbocycles. The van der Waals surface area contributed by atoms with Crippen LogP contribution in [0.2, 0.25) is 0 Å². The third-order valence-electron chi connectivity index (χ3n) is 3.68. The number of rotatable bonds is 4. The van der Waals surface area contributed by atoms with Crippen LogP contribution in [0, 0.1) is 6.92 Å². The summed E-state index contributed by atoms with van der Waals surface area (Å²) in [6, 6.07) is 19.9. The van der Waals surface area contributed by atoms with Gasteiger partial charge in [0.15, 0.2) is 0 Å². The lowest BCUT2D eigenvalue weighted by atomic mass is 10.1. The molecule has 0 aromatic heterocycles. The van der Waals surface area contributed by atoms with Crippen molar-refractivity contribution in [3.63, 3.8) is 0 Å². The maximum absolute atomic E-state index is 12.1. The fraction of sp³-hybridized carbons (Fsp3) is 0.105. The molecule has 0 unspecified atom stereocenters. The molecule has 0 spiro atoms. The molecule has 0 heterocycles. The molecule has 3 nitrogen and oxygen atoms in total. The highest BCUT2D eigenvalue weighted by Gasteiger charge is 2.05. The first-order chi connectivity index (χ1) is 11.1. The van der Waals surface area contributed by atoms with Crippen molar-refractivity contribution < 1.29 is 4.79 Å². The van der Waals surface area contributed by atoms with Crippen LogP contribution < -0.4 is 10.6 Å². The molecule has 3 rings (SSSR count). The van der Waals surface area contributed by atoms with Gasteiger partial charge in [-0.05, 0) is 36.1 Å². The van der Waals surface area contributed by atoms with Crippen molar-refractivity contribution in [3.8, 4) is 0 Å². The smallest absolute Gasteiger partial charge is 0.243 e. The quantitative estimate of drug-likeness (QED) is 0.682. The molecule has 0 saturated heterocycles. The molecular weight excluding hydrogens is 352 g/mol. The Morgan fingerprint density at radius 1 is 1.04 bits per heavy atom. The van der Waals surface area contributed by atoms with E-state index in [9.17, 15) is 4.79 Å². The SMILES string of the molecule is Cc1ccc(NC(=O)CNc2cccc3ccccc23)cc1Br. The molecule has 0 radical (unpaired) electrons. The average molecular weight is 369 g/mol. The first-order valence-electron chi connectivity index (χ1n) is 7.41. The number of hydrogen-bond donors (Lipinski definition) is 2. The first kappa shape index (κ1) is 15.6. The Morgan fingerprint density at radius 3 is 2.65 bits per heavy atom. The lowest BCUT2D eigenvalue weighted by Gasteiger charge is -2.11. The van der Waals surface area contributed by atoms with Gasteiger partial charge in [0.25, 0.3) is 0 Å². The highest BCUT2D eigenvalue weighted by Crippen LogP contribution is 2.23. The molecular formula is C19H17BrN2O. The second kappa shape index (κ2) is 6.84. The summed E-state index contributed by atoms with van der Waals surface area (Å²) >= 11 is 3.47. The Balaban J connectivity index is 1.67. The molecule has 116 valence electrons. The summed E-state index contributed by atoms with van der Waals surface area (Å²) in [6.45, 7) is 2.23. The molecule has 0 aliphatic rings. The van der Waals surface area contributed by atoms with Crippen LogP contribution in [-0.4, -0.2) is 12.5 Å². The first-order valence-corrected chi connectivity index (χ1v) is 8.20. The highest BCUT2D eigenvalue weighted by molar-refractivity contribution is 9.10. The van der Waals surface area contributed by atoms with Crippen LogP contribution in [0.3, 0.4) is 0 Å². The molecule has 0 aliphatic heterocycles. The van der Waals surface area contributed by atoms with Crippen LogP contribution in [0.4, 0.5) is 11.4 Å². The molecule has 0 saturated carbocycles. The van der Waals surface area contributed by atoms with E-state index < -0.39 is 0 Å². The zero-order valence-corrected chi connectivity index (χ0v) is 14.4. The van der Waals surface area contributed by atoms with Crippen molar-refractivity contribution in [2.45, 2.75) is 6.92 Å². The number of hydrogen-bond acceptors (Lipinski definition) is 2. The van der Waals surface area contributed by atoms with Crippen molar-refractivity contribution in [3.05, 3.63) is 70.7 Å². The zero-order valence-electron chi connectivity index (χ0n) is 12.8. The minimum atomic E-state index is -0.0753. The maximum atomic E-state index is 12.1. The molecule has 2 N–H and O–H groups in total. The van der Waals surface area contributed by atoms with Gasteiger partial charge in [-0.25, -0.2) is 0 Å². The van der Waals surface area contributed by atoms with E-state index in [1.807, 2.05) is 55.5 Å². The van der Waals surface area contributed by atoms with E-state index in [-0.39, 0.29) is 12.5 Å². The Labute approximate surface area is 143 Å².